The molecule has 86 valence electrons. The van der Waals surface area contributed by atoms with E-state index in [2.05, 4.69) is 6.58 Å². The molecule has 0 atom stereocenters. The Bertz CT molecular complexity index is 370. The molecule has 0 N–H and O–H groups in total. The number of benzene rings is 1. The van der Waals surface area contributed by atoms with Crippen molar-refractivity contribution < 1.29 is 14.3 Å². The van der Waals surface area contributed by atoms with Gasteiger partial charge in [0, 0.05) is 5.03 Å². The van der Waals surface area contributed by atoms with Crippen molar-refractivity contribution in [2.24, 2.45) is 0 Å². The first-order chi connectivity index (χ1) is 7.63. The third-order valence-electron chi connectivity index (χ3n) is 1.76. The predicted molar refractivity (Wildman–Crippen MR) is 62.9 cm³/mol. The molecule has 1 aromatic rings. The maximum absolute atomic E-state index is 11.3. The van der Waals surface area contributed by atoms with Crippen LogP contribution in [0.4, 0.5) is 0 Å². The van der Waals surface area contributed by atoms with Crippen LogP contribution < -0.4 is 4.74 Å². The highest BCUT2D eigenvalue weighted by Crippen LogP contribution is 2.14. The van der Waals surface area contributed by atoms with Gasteiger partial charge in [0.2, 0.25) is 0 Å². The van der Waals surface area contributed by atoms with Crippen LogP contribution >= 0.6 is 11.6 Å². The Balaban J connectivity index is 2.60. The maximum atomic E-state index is 11.3. The first kappa shape index (κ1) is 12.6. The minimum atomic E-state index is -0.337. The molecule has 0 radical (unpaired) electrons. The SMILES string of the molecule is C=C(Cl)COc1ccc(C(=O)OCC)cc1. The number of esters is 1. The van der Waals surface area contributed by atoms with E-state index in [0.717, 1.165) is 0 Å². The van der Waals surface area contributed by atoms with Gasteiger partial charge in [-0.15, -0.1) is 0 Å². The standard InChI is InChI=1S/C12H13ClO3/c1-3-15-12(14)10-4-6-11(7-5-10)16-8-9(2)13/h4-7H,2-3,8H2,1H3. The summed E-state index contributed by atoms with van der Waals surface area (Å²) < 4.78 is 10.1. The van der Waals surface area contributed by atoms with E-state index < -0.39 is 0 Å². The lowest BCUT2D eigenvalue weighted by Crippen LogP contribution is -2.04. The van der Waals surface area contributed by atoms with E-state index in [9.17, 15) is 4.79 Å². The normalized spacial score (nSPS) is 9.62. The number of halogens is 1. The molecule has 0 amide bonds. The summed E-state index contributed by atoms with van der Waals surface area (Å²) >= 11 is 5.56. The summed E-state index contributed by atoms with van der Waals surface area (Å²) in [6.45, 7) is 5.89. The number of hydrogen-bond acceptors (Lipinski definition) is 3. The van der Waals surface area contributed by atoms with Crippen LogP contribution in [-0.2, 0) is 4.74 Å². The van der Waals surface area contributed by atoms with Crippen molar-refractivity contribution in [2.75, 3.05) is 13.2 Å². The smallest absolute Gasteiger partial charge is 0.338 e. The van der Waals surface area contributed by atoms with Crippen LogP contribution in [0.3, 0.4) is 0 Å². The highest BCUT2D eigenvalue weighted by Gasteiger charge is 2.05. The van der Waals surface area contributed by atoms with E-state index in [1.54, 1.807) is 31.2 Å². The second-order valence-electron chi connectivity index (χ2n) is 3.05. The van der Waals surface area contributed by atoms with E-state index in [4.69, 9.17) is 21.1 Å². The van der Waals surface area contributed by atoms with Crippen molar-refractivity contribution in [3.63, 3.8) is 0 Å². The summed E-state index contributed by atoms with van der Waals surface area (Å²) in [6.07, 6.45) is 0. The topological polar surface area (TPSA) is 35.5 Å². The van der Waals surface area contributed by atoms with Crippen molar-refractivity contribution in [3.8, 4) is 5.75 Å². The van der Waals surface area contributed by atoms with Gasteiger partial charge in [0.1, 0.15) is 12.4 Å². The molecular weight excluding hydrogens is 228 g/mol. The highest BCUT2D eigenvalue weighted by atomic mass is 35.5. The minimum absolute atomic E-state index is 0.250. The summed E-state index contributed by atoms with van der Waals surface area (Å²) in [7, 11) is 0. The van der Waals surface area contributed by atoms with Gasteiger partial charge in [-0.05, 0) is 31.2 Å². The molecule has 0 spiro atoms. The van der Waals surface area contributed by atoms with E-state index in [1.807, 2.05) is 0 Å². The van der Waals surface area contributed by atoms with Crippen LogP contribution in [0, 0.1) is 0 Å². The molecule has 1 aromatic carbocycles. The second-order valence-corrected chi connectivity index (χ2v) is 3.59. The minimum Gasteiger partial charge on any atom is -0.488 e. The lowest BCUT2D eigenvalue weighted by Gasteiger charge is -2.05. The molecule has 1 rings (SSSR count). The van der Waals surface area contributed by atoms with E-state index >= 15 is 0 Å². The third kappa shape index (κ3) is 3.95. The molecule has 0 aliphatic heterocycles. The molecule has 0 aliphatic carbocycles. The molecule has 16 heavy (non-hydrogen) atoms. The summed E-state index contributed by atoms with van der Waals surface area (Å²) in [5.74, 6) is 0.297. The zero-order chi connectivity index (χ0) is 12.0. The molecule has 0 aromatic heterocycles. The van der Waals surface area contributed by atoms with Crippen molar-refractivity contribution in [3.05, 3.63) is 41.4 Å². The van der Waals surface area contributed by atoms with Crippen LogP contribution in [0.25, 0.3) is 0 Å². The quantitative estimate of drug-likeness (QED) is 0.743. The largest absolute Gasteiger partial charge is 0.488 e. The van der Waals surface area contributed by atoms with Crippen LogP contribution in [0.1, 0.15) is 17.3 Å². The Labute approximate surface area is 99.6 Å². The summed E-state index contributed by atoms with van der Waals surface area (Å²) in [5.41, 5.74) is 0.499. The molecular formula is C12H13ClO3. The summed E-state index contributed by atoms with van der Waals surface area (Å²) in [6, 6.07) is 6.66. The Morgan fingerprint density at radius 2 is 2.00 bits per heavy atom. The van der Waals surface area contributed by atoms with Crippen LogP contribution in [0.15, 0.2) is 35.9 Å². The zero-order valence-corrected chi connectivity index (χ0v) is 9.79. The van der Waals surface area contributed by atoms with Crippen molar-refractivity contribution in [1.29, 1.82) is 0 Å². The fourth-order valence-electron chi connectivity index (χ4n) is 1.06. The fourth-order valence-corrected chi connectivity index (χ4v) is 1.12. The van der Waals surface area contributed by atoms with Crippen molar-refractivity contribution >= 4 is 17.6 Å². The number of hydrogen-bond donors (Lipinski definition) is 0. The lowest BCUT2D eigenvalue weighted by atomic mass is 10.2. The highest BCUT2D eigenvalue weighted by molar-refractivity contribution is 6.29. The first-order valence-corrected chi connectivity index (χ1v) is 5.24. The third-order valence-corrected chi connectivity index (χ3v) is 1.87. The van der Waals surface area contributed by atoms with Gasteiger partial charge in [0.15, 0.2) is 0 Å². The molecule has 4 heteroatoms. The molecule has 0 heterocycles. The van der Waals surface area contributed by atoms with Gasteiger partial charge in [-0.2, -0.15) is 0 Å². The van der Waals surface area contributed by atoms with E-state index in [0.29, 0.717) is 23.0 Å². The fraction of sp³-hybridized carbons (Fsp3) is 0.250. The van der Waals surface area contributed by atoms with Crippen molar-refractivity contribution in [2.45, 2.75) is 6.92 Å². The van der Waals surface area contributed by atoms with Gasteiger partial charge in [-0.25, -0.2) is 4.79 Å². The Morgan fingerprint density at radius 3 is 2.50 bits per heavy atom. The van der Waals surface area contributed by atoms with Gasteiger partial charge < -0.3 is 9.47 Å². The van der Waals surface area contributed by atoms with Gasteiger partial charge in [0.25, 0.3) is 0 Å². The molecule has 0 unspecified atom stereocenters. The molecule has 0 fully saturated rings. The first-order valence-electron chi connectivity index (χ1n) is 4.86. The molecule has 0 bridgehead atoms. The molecule has 3 nitrogen and oxygen atoms in total. The van der Waals surface area contributed by atoms with Gasteiger partial charge >= 0.3 is 5.97 Å². The predicted octanol–water partition coefficient (Wildman–Crippen LogP) is 2.99. The maximum Gasteiger partial charge on any atom is 0.338 e. The molecule has 0 saturated carbocycles. The lowest BCUT2D eigenvalue weighted by molar-refractivity contribution is 0.0526. The monoisotopic (exact) mass is 240 g/mol. The van der Waals surface area contributed by atoms with Gasteiger partial charge in [0.05, 0.1) is 12.2 Å². The van der Waals surface area contributed by atoms with Gasteiger partial charge in [-0.1, -0.05) is 18.2 Å². The average Bonchev–Trinajstić information content (AvgIpc) is 2.27. The zero-order valence-electron chi connectivity index (χ0n) is 9.03. The van der Waals surface area contributed by atoms with Gasteiger partial charge in [-0.3, -0.25) is 0 Å². The number of rotatable bonds is 5. The number of carbonyl (C=O) groups is 1. The number of carbonyl (C=O) groups excluding carboxylic acids is 1. The van der Waals surface area contributed by atoms with E-state index in [-0.39, 0.29) is 12.6 Å². The van der Waals surface area contributed by atoms with Crippen LogP contribution in [0.5, 0.6) is 5.75 Å². The average molecular weight is 241 g/mol. The van der Waals surface area contributed by atoms with Crippen LogP contribution in [-0.4, -0.2) is 19.2 Å². The van der Waals surface area contributed by atoms with E-state index in [1.165, 1.54) is 0 Å². The number of ether oxygens (including phenoxy) is 2. The summed E-state index contributed by atoms with van der Waals surface area (Å²) in [5, 5.41) is 0.425. The van der Waals surface area contributed by atoms with Crippen LogP contribution in [0.2, 0.25) is 0 Å². The second kappa shape index (κ2) is 6.18. The van der Waals surface area contributed by atoms with Crippen molar-refractivity contribution in [1.82, 2.24) is 0 Å². The molecule has 0 saturated heterocycles. The Morgan fingerprint density at radius 1 is 1.38 bits per heavy atom. The molecule has 0 aliphatic rings. The Kier molecular flexibility index (Phi) is 4.86. The Hall–Kier alpha value is -1.48. The summed E-state index contributed by atoms with van der Waals surface area (Å²) in [4.78, 5) is 11.3.